The fourth-order valence-electron chi connectivity index (χ4n) is 2.06. The van der Waals surface area contributed by atoms with Crippen molar-refractivity contribution in [2.24, 2.45) is 0 Å². The van der Waals surface area contributed by atoms with Gasteiger partial charge in [-0.15, -0.1) is 0 Å². The van der Waals surface area contributed by atoms with Crippen LogP contribution in [0, 0.1) is 0 Å². The molecular formula is C12H14N4O2. The van der Waals surface area contributed by atoms with E-state index in [-0.39, 0.29) is 0 Å². The molecule has 0 bridgehead atoms. The Labute approximate surface area is 104 Å². The van der Waals surface area contributed by atoms with Crippen molar-refractivity contribution in [1.29, 1.82) is 0 Å². The summed E-state index contributed by atoms with van der Waals surface area (Å²) in [6.45, 7) is 1.52. The van der Waals surface area contributed by atoms with E-state index in [4.69, 9.17) is 15.0 Å². The number of hydrogen-bond acceptors (Lipinski definition) is 6. The van der Waals surface area contributed by atoms with Gasteiger partial charge >= 0.3 is 0 Å². The van der Waals surface area contributed by atoms with Gasteiger partial charge in [-0.25, -0.2) is 4.98 Å². The van der Waals surface area contributed by atoms with Crippen LogP contribution in [0.3, 0.4) is 0 Å². The largest absolute Gasteiger partial charge is 0.384 e. The zero-order valence-corrected chi connectivity index (χ0v) is 9.87. The summed E-state index contributed by atoms with van der Waals surface area (Å²) in [5, 5.41) is 4.04. The molecule has 94 valence electrons. The lowest BCUT2D eigenvalue weighted by atomic mass is 10.00. The number of hydrogen-bond donors (Lipinski definition) is 1. The predicted molar refractivity (Wildman–Crippen MR) is 64.7 cm³/mol. The molecule has 2 aromatic rings. The molecule has 0 unspecified atom stereocenters. The monoisotopic (exact) mass is 246 g/mol. The molecule has 1 aliphatic heterocycles. The highest BCUT2D eigenvalue weighted by Crippen LogP contribution is 2.27. The Kier molecular flexibility index (Phi) is 2.93. The van der Waals surface area contributed by atoms with Gasteiger partial charge in [0.15, 0.2) is 5.82 Å². The Balaban J connectivity index is 1.84. The molecule has 6 nitrogen and oxygen atoms in total. The number of nitrogen functional groups attached to an aromatic ring is 1. The fourth-order valence-corrected chi connectivity index (χ4v) is 2.06. The van der Waals surface area contributed by atoms with Crippen molar-refractivity contribution in [3.8, 4) is 11.5 Å². The minimum Gasteiger partial charge on any atom is -0.384 e. The smallest absolute Gasteiger partial charge is 0.258 e. The van der Waals surface area contributed by atoms with Crippen molar-refractivity contribution in [2.45, 2.75) is 18.8 Å². The molecule has 18 heavy (non-hydrogen) atoms. The van der Waals surface area contributed by atoms with Crippen LogP contribution in [-0.2, 0) is 4.74 Å². The average Bonchev–Trinajstić information content (AvgIpc) is 2.89. The minimum absolute atomic E-state index is 0.329. The van der Waals surface area contributed by atoms with E-state index in [2.05, 4.69) is 15.1 Å². The van der Waals surface area contributed by atoms with E-state index in [1.165, 1.54) is 0 Å². The first-order valence-corrected chi connectivity index (χ1v) is 5.96. The van der Waals surface area contributed by atoms with Crippen LogP contribution in [0.4, 0.5) is 5.82 Å². The van der Waals surface area contributed by atoms with Crippen LogP contribution in [0.15, 0.2) is 22.9 Å². The molecule has 2 N–H and O–H groups in total. The number of nitrogens with two attached hydrogens (primary N) is 1. The number of anilines is 1. The normalized spacial score (nSPS) is 16.9. The zero-order chi connectivity index (χ0) is 12.4. The van der Waals surface area contributed by atoms with Gasteiger partial charge in [-0.3, -0.25) is 0 Å². The summed E-state index contributed by atoms with van der Waals surface area (Å²) in [4.78, 5) is 8.36. The summed E-state index contributed by atoms with van der Waals surface area (Å²) in [7, 11) is 0. The maximum Gasteiger partial charge on any atom is 0.258 e. The molecule has 0 spiro atoms. The average molecular weight is 246 g/mol. The highest BCUT2D eigenvalue weighted by molar-refractivity contribution is 5.56. The number of nitrogens with zero attached hydrogens (tertiary/aromatic N) is 3. The van der Waals surface area contributed by atoms with Crippen LogP contribution < -0.4 is 5.73 Å². The van der Waals surface area contributed by atoms with E-state index >= 15 is 0 Å². The minimum atomic E-state index is 0.329. The molecule has 0 atom stereocenters. The van der Waals surface area contributed by atoms with E-state index in [0.29, 0.717) is 17.6 Å². The maximum atomic E-state index is 5.63. The van der Waals surface area contributed by atoms with Gasteiger partial charge < -0.3 is 15.0 Å². The molecule has 0 aromatic carbocycles. The Morgan fingerprint density at radius 3 is 2.89 bits per heavy atom. The molecule has 0 amide bonds. The second-order valence-electron chi connectivity index (χ2n) is 4.31. The molecule has 1 fully saturated rings. The van der Waals surface area contributed by atoms with E-state index in [9.17, 15) is 0 Å². The molecule has 0 aliphatic carbocycles. The summed E-state index contributed by atoms with van der Waals surface area (Å²) < 4.78 is 10.6. The van der Waals surface area contributed by atoms with Crippen molar-refractivity contribution < 1.29 is 9.26 Å². The van der Waals surface area contributed by atoms with Crippen molar-refractivity contribution in [3.05, 3.63) is 24.2 Å². The summed E-state index contributed by atoms with van der Waals surface area (Å²) in [6.07, 6.45) is 3.51. The molecule has 1 saturated heterocycles. The maximum absolute atomic E-state index is 5.63. The van der Waals surface area contributed by atoms with Crippen LogP contribution in [0.25, 0.3) is 11.5 Å². The third kappa shape index (κ3) is 2.19. The number of ether oxygens (including phenoxy) is 1. The first-order valence-electron chi connectivity index (χ1n) is 5.96. The first-order chi connectivity index (χ1) is 8.83. The quantitative estimate of drug-likeness (QED) is 0.866. The van der Waals surface area contributed by atoms with Crippen LogP contribution in [0.1, 0.15) is 24.6 Å². The lowest BCUT2D eigenvalue weighted by Crippen LogP contribution is -2.15. The van der Waals surface area contributed by atoms with E-state index in [0.717, 1.165) is 37.4 Å². The molecule has 6 heteroatoms. The van der Waals surface area contributed by atoms with Gasteiger partial charge in [-0.2, -0.15) is 4.98 Å². The summed E-state index contributed by atoms with van der Waals surface area (Å²) in [6, 6.07) is 3.53. The Morgan fingerprint density at radius 1 is 1.28 bits per heavy atom. The van der Waals surface area contributed by atoms with Gasteiger partial charge in [-0.05, 0) is 25.0 Å². The van der Waals surface area contributed by atoms with Gasteiger partial charge in [0.1, 0.15) is 5.82 Å². The lowest BCUT2D eigenvalue weighted by molar-refractivity contribution is 0.0830. The van der Waals surface area contributed by atoms with Gasteiger partial charge in [0.25, 0.3) is 5.89 Å². The second kappa shape index (κ2) is 4.73. The summed E-state index contributed by atoms with van der Waals surface area (Å²) >= 11 is 0. The topological polar surface area (TPSA) is 87.1 Å². The van der Waals surface area contributed by atoms with Crippen molar-refractivity contribution in [2.75, 3.05) is 18.9 Å². The molecule has 2 aromatic heterocycles. The number of aromatic nitrogens is 3. The lowest BCUT2D eigenvalue weighted by Gasteiger charge is -2.18. The van der Waals surface area contributed by atoms with Crippen LogP contribution >= 0.6 is 0 Å². The molecular weight excluding hydrogens is 232 g/mol. The zero-order valence-electron chi connectivity index (χ0n) is 9.87. The third-order valence-electron chi connectivity index (χ3n) is 3.06. The van der Waals surface area contributed by atoms with E-state index in [1.54, 1.807) is 18.3 Å². The molecule has 0 radical (unpaired) electrons. The van der Waals surface area contributed by atoms with Gasteiger partial charge in [0.05, 0.1) is 0 Å². The van der Waals surface area contributed by atoms with Crippen LogP contribution in [0.2, 0.25) is 0 Å². The van der Waals surface area contributed by atoms with Gasteiger partial charge in [0, 0.05) is 30.9 Å². The van der Waals surface area contributed by atoms with Crippen molar-refractivity contribution in [1.82, 2.24) is 15.1 Å². The summed E-state index contributed by atoms with van der Waals surface area (Å²) in [5.41, 5.74) is 6.43. The van der Waals surface area contributed by atoms with Crippen LogP contribution in [0.5, 0.6) is 0 Å². The molecule has 1 aliphatic rings. The van der Waals surface area contributed by atoms with E-state index in [1.807, 2.05) is 0 Å². The van der Waals surface area contributed by atoms with Crippen LogP contribution in [-0.4, -0.2) is 28.3 Å². The molecule has 3 heterocycles. The third-order valence-corrected chi connectivity index (χ3v) is 3.06. The van der Waals surface area contributed by atoms with Crippen molar-refractivity contribution >= 4 is 5.82 Å². The van der Waals surface area contributed by atoms with Gasteiger partial charge in [-0.1, -0.05) is 5.16 Å². The molecule has 3 rings (SSSR count). The number of pyridine rings is 1. The predicted octanol–water partition coefficient (Wildman–Crippen LogP) is 1.61. The Bertz CT molecular complexity index is 534. The molecule has 0 saturated carbocycles. The van der Waals surface area contributed by atoms with Crippen molar-refractivity contribution in [3.63, 3.8) is 0 Å². The SMILES string of the molecule is Nc1cc(-c2nc(C3CCOCC3)no2)ccn1. The second-order valence-corrected chi connectivity index (χ2v) is 4.31. The Hall–Kier alpha value is -1.95. The standard InChI is InChI=1S/C12H14N4O2/c13-10-7-9(1-4-14-10)12-15-11(16-18-12)8-2-5-17-6-3-8/h1,4,7-8H,2-3,5-6H2,(H2,13,14). The van der Waals surface area contributed by atoms with Gasteiger partial charge in [0.2, 0.25) is 0 Å². The highest BCUT2D eigenvalue weighted by Gasteiger charge is 2.21. The Morgan fingerprint density at radius 2 is 2.11 bits per heavy atom. The fraction of sp³-hybridized carbons (Fsp3) is 0.417. The van der Waals surface area contributed by atoms with E-state index < -0.39 is 0 Å². The number of rotatable bonds is 2. The summed E-state index contributed by atoms with van der Waals surface area (Å²) in [5.74, 6) is 2.02. The first kappa shape index (κ1) is 11.2. The highest BCUT2D eigenvalue weighted by atomic mass is 16.5.